The first-order valence-corrected chi connectivity index (χ1v) is 8.05. The highest BCUT2D eigenvalue weighted by atomic mass is 19.1. The molecule has 1 fully saturated rings. The molecule has 2 aromatic rings. The summed E-state index contributed by atoms with van der Waals surface area (Å²) in [6, 6.07) is 8.01. The van der Waals surface area contributed by atoms with Gasteiger partial charge in [0.1, 0.15) is 17.7 Å². The van der Waals surface area contributed by atoms with Crippen LogP contribution in [0.5, 0.6) is 0 Å². The average molecular weight is 342 g/mol. The third-order valence-electron chi connectivity index (χ3n) is 4.78. The van der Waals surface area contributed by atoms with E-state index in [2.05, 4.69) is 0 Å². The van der Waals surface area contributed by atoms with Crippen LogP contribution in [0.25, 0.3) is 0 Å². The van der Waals surface area contributed by atoms with Gasteiger partial charge < -0.3 is 4.90 Å². The molecular formula is C18H19FN4O2. The highest BCUT2D eigenvalue weighted by Gasteiger charge is 2.37. The van der Waals surface area contributed by atoms with Crippen molar-refractivity contribution in [1.82, 2.24) is 9.13 Å². The van der Waals surface area contributed by atoms with Gasteiger partial charge in [-0.2, -0.15) is 5.26 Å². The maximum absolute atomic E-state index is 13.3. The molecular weight excluding hydrogens is 323 g/mol. The molecule has 3 rings (SSSR count). The molecule has 1 aromatic heterocycles. The monoisotopic (exact) mass is 342 g/mol. The van der Waals surface area contributed by atoms with Crippen LogP contribution in [0.1, 0.15) is 30.0 Å². The molecule has 1 aliphatic carbocycles. The molecule has 0 unspecified atom stereocenters. The SMILES string of the molecule is CN(c1c(C#N)c(=O)n(C)c(=O)n1C)[C@H](c1ccc(F)cc1)C1CC1. The molecule has 0 bridgehead atoms. The van der Waals surface area contributed by atoms with Crippen molar-refractivity contribution in [2.75, 3.05) is 11.9 Å². The average Bonchev–Trinajstić information content (AvgIpc) is 3.42. The van der Waals surface area contributed by atoms with Crippen LogP contribution >= 0.6 is 0 Å². The second-order valence-corrected chi connectivity index (χ2v) is 6.46. The fourth-order valence-electron chi connectivity index (χ4n) is 3.36. The minimum absolute atomic E-state index is 0.0696. The van der Waals surface area contributed by atoms with Crippen molar-refractivity contribution in [3.05, 3.63) is 62.0 Å². The van der Waals surface area contributed by atoms with Crippen LogP contribution in [-0.4, -0.2) is 16.2 Å². The van der Waals surface area contributed by atoms with E-state index in [4.69, 9.17) is 0 Å². The summed E-state index contributed by atoms with van der Waals surface area (Å²) in [5.74, 6) is 0.303. The molecule has 0 N–H and O–H groups in total. The Bertz CT molecular complexity index is 965. The van der Waals surface area contributed by atoms with Gasteiger partial charge >= 0.3 is 5.69 Å². The van der Waals surface area contributed by atoms with E-state index in [-0.39, 0.29) is 23.2 Å². The predicted molar refractivity (Wildman–Crippen MR) is 91.9 cm³/mol. The maximum atomic E-state index is 13.3. The van der Waals surface area contributed by atoms with Gasteiger partial charge in [0.2, 0.25) is 0 Å². The number of anilines is 1. The highest BCUT2D eigenvalue weighted by molar-refractivity contribution is 5.55. The Hall–Kier alpha value is -2.88. The van der Waals surface area contributed by atoms with Gasteiger partial charge in [-0.05, 0) is 36.5 Å². The fraction of sp³-hybridized carbons (Fsp3) is 0.389. The number of hydrogen-bond acceptors (Lipinski definition) is 4. The lowest BCUT2D eigenvalue weighted by molar-refractivity contribution is 0.562. The predicted octanol–water partition coefficient (Wildman–Crippen LogP) is 1.68. The van der Waals surface area contributed by atoms with E-state index in [0.29, 0.717) is 5.92 Å². The molecule has 130 valence electrons. The van der Waals surface area contributed by atoms with Crippen LogP contribution in [0.4, 0.5) is 10.2 Å². The van der Waals surface area contributed by atoms with E-state index in [1.54, 1.807) is 31.1 Å². The van der Waals surface area contributed by atoms with E-state index < -0.39 is 11.2 Å². The van der Waals surface area contributed by atoms with Crippen LogP contribution in [0, 0.1) is 23.1 Å². The van der Waals surface area contributed by atoms with E-state index in [0.717, 1.165) is 23.0 Å². The molecule has 1 aliphatic rings. The number of aromatic nitrogens is 2. The molecule has 1 heterocycles. The first-order valence-electron chi connectivity index (χ1n) is 8.05. The Morgan fingerprint density at radius 1 is 1.20 bits per heavy atom. The molecule has 1 atom stereocenters. The fourth-order valence-corrected chi connectivity index (χ4v) is 3.36. The molecule has 7 heteroatoms. The summed E-state index contributed by atoms with van der Waals surface area (Å²) in [6.07, 6.45) is 2.01. The third-order valence-corrected chi connectivity index (χ3v) is 4.78. The standard InChI is InChI=1S/C18H19FN4O2/c1-21(15(11-4-5-11)12-6-8-13(19)9-7-12)16-14(10-20)17(24)23(3)18(25)22(16)2/h6-9,11,15H,4-5H2,1-3H3/t15-/m0/s1. The highest BCUT2D eigenvalue weighted by Crippen LogP contribution is 2.45. The molecule has 0 aliphatic heterocycles. The molecule has 0 amide bonds. The summed E-state index contributed by atoms with van der Waals surface area (Å²) in [4.78, 5) is 26.4. The first kappa shape index (κ1) is 17.0. The smallest absolute Gasteiger partial charge is 0.332 e. The Labute approximate surface area is 144 Å². The van der Waals surface area contributed by atoms with E-state index in [1.165, 1.54) is 23.7 Å². The van der Waals surface area contributed by atoms with Crippen LogP contribution in [-0.2, 0) is 14.1 Å². The number of nitrogens with zero attached hydrogens (tertiary/aromatic N) is 4. The molecule has 0 spiro atoms. The van der Waals surface area contributed by atoms with Crippen molar-refractivity contribution in [3.63, 3.8) is 0 Å². The van der Waals surface area contributed by atoms with Gasteiger partial charge in [-0.15, -0.1) is 0 Å². The summed E-state index contributed by atoms with van der Waals surface area (Å²) in [5.41, 5.74) is -0.274. The zero-order valence-corrected chi connectivity index (χ0v) is 14.4. The quantitative estimate of drug-likeness (QED) is 0.848. The molecule has 1 saturated carbocycles. The van der Waals surface area contributed by atoms with Gasteiger partial charge in [0.05, 0.1) is 6.04 Å². The second-order valence-electron chi connectivity index (χ2n) is 6.46. The van der Waals surface area contributed by atoms with Crippen LogP contribution in [0.3, 0.4) is 0 Å². The number of benzene rings is 1. The van der Waals surface area contributed by atoms with Gasteiger partial charge in [0.15, 0.2) is 5.56 Å². The molecule has 1 aromatic carbocycles. The number of hydrogen-bond donors (Lipinski definition) is 0. The number of nitriles is 1. The maximum Gasteiger partial charge on any atom is 0.332 e. The van der Waals surface area contributed by atoms with Gasteiger partial charge in [-0.1, -0.05) is 12.1 Å². The van der Waals surface area contributed by atoms with Crippen LogP contribution < -0.4 is 16.1 Å². The van der Waals surface area contributed by atoms with Gasteiger partial charge in [-0.3, -0.25) is 13.9 Å². The lowest BCUT2D eigenvalue weighted by atomic mass is 10.0. The Kier molecular flexibility index (Phi) is 4.21. The molecule has 25 heavy (non-hydrogen) atoms. The number of rotatable bonds is 4. The lowest BCUT2D eigenvalue weighted by Crippen LogP contribution is -2.42. The van der Waals surface area contributed by atoms with Gasteiger partial charge in [0.25, 0.3) is 5.56 Å². The van der Waals surface area contributed by atoms with Crippen molar-refractivity contribution in [3.8, 4) is 6.07 Å². The largest absolute Gasteiger partial charge is 0.352 e. The Morgan fingerprint density at radius 2 is 1.80 bits per heavy atom. The van der Waals surface area contributed by atoms with Crippen LogP contribution in [0.2, 0.25) is 0 Å². The minimum Gasteiger partial charge on any atom is -0.352 e. The van der Waals surface area contributed by atoms with E-state index in [1.807, 2.05) is 6.07 Å². The zero-order valence-electron chi connectivity index (χ0n) is 14.4. The minimum atomic E-state index is -0.610. The third kappa shape index (κ3) is 2.84. The van der Waals surface area contributed by atoms with E-state index >= 15 is 0 Å². The zero-order chi connectivity index (χ0) is 18.3. The summed E-state index contributed by atoms with van der Waals surface area (Å²) in [7, 11) is 4.66. The molecule has 6 nitrogen and oxygen atoms in total. The Morgan fingerprint density at radius 3 is 2.32 bits per heavy atom. The summed E-state index contributed by atoms with van der Waals surface area (Å²) in [5, 5.41) is 9.48. The van der Waals surface area contributed by atoms with Crippen molar-refractivity contribution in [2.24, 2.45) is 20.0 Å². The van der Waals surface area contributed by atoms with E-state index in [9.17, 15) is 19.2 Å². The van der Waals surface area contributed by atoms with Crippen molar-refractivity contribution < 1.29 is 4.39 Å². The number of halogens is 1. The summed E-state index contributed by atoms with van der Waals surface area (Å²) >= 11 is 0. The van der Waals surface area contributed by atoms with Gasteiger partial charge in [0, 0.05) is 21.1 Å². The summed E-state index contributed by atoms with van der Waals surface area (Å²) in [6.45, 7) is 0. The molecule has 0 saturated heterocycles. The van der Waals surface area contributed by atoms with Crippen LogP contribution in [0.15, 0.2) is 33.9 Å². The van der Waals surface area contributed by atoms with Crippen molar-refractivity contribution >= 4 is 5.82 Å². The molecule has 0 radical (unpaired) electrons. The van der Waals surface area contributed by atoms with Crippen molar-refractivity contribution in [1.29, 1.82) is 5.26 Å². The van der Waals surface area contributed by atoms with Crippen molar-refractivity contribution in [2.45, 2.75) is 18.9 Å². The first-order chi connectivity index (χ1) is 11.9. The second kappa shape index (κ2) is 6.20. The Balaban J connectivity index is 2.18. The van der Waals surface area contributed by atoms with Gasteiger partial charge in [-0.25, -0.2) is 9.18 Å². The summed E-state index contributed by atoms with van der Waals surface area (Å²) < 4.78 is 15.5. The normalized spacial score (nSPS) is 14.8. The lowest BCUT2D eigenvalue weighted by Gasteiger charge is -2.32. The topological polar surface area (TPSA) is 71.0 Å².